The van der Waals surface area contributed by atoms with Crippen molar-refractivity contribution < 1.29 is 24.2 Å². The van der Waals surface area contributed by atoms with Gasteiger partial charge in [0.1, 0.15) is 6.04 Å². The average Bonchev–Trinajstić information content (AvgIpc) is 2.95. The minimum atomic E-state index is -0.906. The van der Waals surface area contributed by atoms with Gasteiger partial charge in [-0.15, -0.1) is 11.8 Å². The Morgan fingerprint density at radius 1 is 1.21 bits per heavy atom. The summed E-state index contributed by atoms with van der Waals surface area (Å²) in [5, 5.41) is 9.15. The van der Waals surface area contributed by atoms with Crippen molar-refractivity contribution in [2.24, 2.45) is 0 Å². The van der Waals surface area contributed by atoms with Crippen molar-refractivity contribution in [3.05, 3.63) is 18.2 Å². The fourth-order valence-corrected chi connectivity index (χ4v) is 3.82. The number of carboxylic acids is 1. The number of carbonyl (C=O) groups excluding carboxylic acids is 1. The van der Waals surface area contributed by atoms with Crippen molar-refractivity contribution in [2.45, 2.75) is 36.6 Å². The molecule has 7 heteroatoms. The first-order valence-corrected chi connectivity index (χ1v) is 9.18. The average molecular weight is 351 g/mol. The van der Waals surface area contributed by atoms with Crippen molar-refractivity contribution in [3.8, 4) is 11.5 Å². The number of likely N-dealkylation sites (tertiary alicyclic amines) is 1. The monoisotopic (exact) mass is 351 g/mol. The van der Waals surface area contributed by atoms with E-state index in [0.29, 0.717) is 38.4 Å². The molecule has 1 atom stereocenters. The predicted molar refractivity (Wildman–Crippen MR) is 89.8 cm³/mol. The van der Waals surface area contributed by atoms with Gasteiger partial charge in [-0.05, 0) is 31.0 Å². The SMILES string of the molecule is O=C(O)C1CCCN1C(=O)CCSc1ccc2c(c1)OCCCO2. The molecule has 1 fully saturated rings. The highest BCUT2D eigenvalue weighted by Crippen LogP contribution is 2.34. The van der Waals surface area contributed by atoms with Gasteiger partial charge >= 0.3 is 5.97 Å². The van der Waals surface area contributed by atoms with Gasteiger partial charge in [-0.1, -0.05) is 0 Å². The number of fused-ring (bicyclic) bond motifs is 1. The lowest BCUT2D eigenvalue weighted by Crippen LogP contribution is -2.40. The van der Waals surface area contributed by atoms with Gasteiger partial charge in [0.25, 0.3) is 0 Å². The lowest BCUT2D eigenvalue weighted by Gasteiger charge is -2.21. The molecule has 1 saturated heterocycles. The number of hydrogen-bond acceptors (Lipinski definition) is 5. The normalized spacial score (nSPS) is 19.8. The molecule has 24 heavy (non-hydrogen) atoms. The summed E-state index contributed by atoms with van der Waals surface area (Å²) in [7, 11) is 0. The summed E-state index contributed by atoms with van der Waals surface area (Å²) < 4.78 is 11.3. The molecule has 0 radical (unpaired) electrons. The van der Waals surface area contributed by atoms with Gasteiger partial charge in [0.15, 0.2) is 11.5 Å². The number of rotatable bonds is 5. The Labute approximate surface area is 145 Å². The van der Waals surface area contributed by atoms with Crippen LogP contribution in [0.4, 0.5) is 0 Å². The number of aliphatic carboxylic acids is 1. The molecule has 1 aromatic rings. The van der Waals surface area contributed by atoms with Crippen LogP contribution >= 0.6 is 11.8 Å². The Balaban J connectivity index is 1.52. The third-order valence-corrected chi connectivity index (χ3v) is 5.16. The van der Waals surface area contributed by atoms with Crippen LogP contribution in [0.15, 0.2) is 23.1 Å². The van der Waals surface area contributed by atoms with Crippen LogP contribution in [-0.4, -0.2) is 53.4 Å². The summed E-state index contributed by atoms with van der Waals surface area (Å²) in [5.74, 6) is 1.13. The number of nitrogens with zero attached hydrogens (tertiary/aromatic N) is 1. The summed E-state index contributed by atoms with van der Waals surface area (Å²) in [6, 6.07) is 5.14. The number of thioether (sulfide) groups is 1. The first kappa shape index (κ1) is 17.0. The first-order valence-electron chi connectivity index (χ1n) is 8.20. The van der Waals surface area contributed by atoms with E-state index in [1.165, 1.54) is 4.90 Å². The summed E-state index contributed by atoms with van der Waals surface area (Å²) >= 11 is 1.57. The Kier molecular flexibility index (Phi) is 5.50. The van der Waals surface area contributed by atoms with Crippen LogP contribution in [0, 0.1) is 0 Å². The van der Waals surface area contributed by atoms with Crippen molar-refractivity contribution in [1.29, 1.82) is 0 Å². The second-order valence-corrected chi connectivity index (χ2v) is 7.01. The van der Waals surface area contributed by atoms with Crippen molar-refractivity contribution in [2.75, 3.05) is 25.5 Å². The van der Waals surface area contributed by atoms with Gasteiger partial charge in [0.2, 0.25) is 5.91 Å². The molecule has 2 heterocycles. The van der Waals surface area contributed by atoms with Gasteiger partial charge in [-0.3, -0.25) is 4.79 Å². The van der Waals surface area contributed by atoms with E-state index in [1.54, 1.807) is 11.8 Å². The number of carbonyl (C=O) groups is 2. The summed E-state index contributed by atoms with van der Waals surface area (Å²) in [4.78, 5) is 25.9. The van der Waals surface area contributed by atoms with E-state index in [4.69, 9.17) is 14.6 Å². The van der Waals surface area contributed by atoms with Crippen LogP contribution in [0.1, 0.15) is 25.7 Å². The molecule has 1 amide bonds. The lowest BCUT2D eigenvalue weighted by molar-refractivity contribution is -0.148. The van der Waals surface area contributed by atoms with Gasteiger partial charge in [0, 0.05) is 30.0 Å². The molecule has 0 spiro atoms. The zero-order valence-corrected chi connectivity index (χ0v) is 14.2. The van der Waals surface area contributed by atoms with Crippen LogP contribution in [0.2, 0.25) is 0 Å². The minimum absolute atomic E-state index is 0.0817. The molecule has 1 unspecified atom stereocenters. The van der Waals surface area contributed by atoms with Crippen LogP contribution in [0.3, 0.4) is 0 Å². The zero-order valence-electron chi connectivity index (χ0n) is 13.4. The number of amides is 1. The van der Waals surface area contributed by atoms with Crippen LogP contribution < -0.4 is 9.47 Å². The Morgan fingerprint density at radius 2 is 2.00 bits per heavy atom. The molecule has 0 bridgehead atoms. The highest BCUT2D eigenvalue weighted by atomic mass is 32.2. The van der Waals surface area contributed by atoms with E-state index >= 15 is 0 Å². The highest BCUT2D eigenvalue weighted by molar-refractivity contribution is 7.99. The summed E-state index contributed by atoms with van der Waals surface area (Å²) in [6.07, 6.45) is 2.52. The van der Waals surface area contributed by atoms with Gasteiger partial charge in [0.05, 0.1) is 13.2 Å². The van der Waals surface area contributed by atoms with Crippen molar-refractivity contribution in [3.63, 3.8) is 0 Å². The topological polar surface area (TPSA) is 76.1 Å². The second-order valence-electron chi connectivity index (χ2n) is 5.84. The number of carboxylic acid groups (broad SMARTS) is 1. The third kappa shape index (κ3) is 3.95. The minimum Gasteiger partial charge on any atom is -0.490 e. The molecule has 2 aliphatic rings. The standard InChI is InChI=1S/C17H21NO5S/c19-16(18-7-1-3-13(18)17(20)21)6-10-24-12-4-5-14-15(11-12)23-9-2-8-22-14/h4-5,11,13H,1-3,6-10H2,(H,20,21). The first-order chi connectivity index (χ1) is 11.6. The Hall–Kier alpha value is -1.89. The fraction of sp³-hybridized carbons (Fsp3) is 0.529. The summed E-state index contributed by atoms with van der Waals surface area (Å²) in [5.41, 5.74) is 0. The maximum atomic E-state index is 12.2. The maximum absolute atomic E-state index is 12.2. The smallest absolute Gasteiger partial charge is 0.326 e. The Bertz CT molecular complexity index is 621. The highest BCUT2D eigenvalue weighted by Gasteiger charge is 2.33. The molecule has 1 N–H and O–H groups in total. The van der Waals surface area contributed by atoms with Crippen LogP contribution in [0.5, 0.6) is 11.5 Å². The second kappa shape index (κ2) is 7.79. The van der Waals surface area contributed by atoms with E-state index in [-0.39, 0.29) is 5.91 Å². The zero-order chi connectivity index (χ0) is 16.9. The van der Waals surface area contributed by atoms with E-state index in [1.807, 2.05) is 18.2 Å². The van der Waals surface area contributed by atoms with E-state index < -0.39 is 12.0 Å². The number of hydrogen-bond donors (Lipinski definition) is 1. The molecular formula is C17H21NO5S. The maximum Gasteiger partial charge on any atom is 0.326 e. The number of benzene rings is 1. The quantitative estimate of drug-likeness (QED) is 0.821. The number of ether oxygens (including phenoxy) is 2. The molecule has 0 aromatic heterocycles. The van der Waals surface area contributed by atoms with Gasteiger partial charge in [-0.25, -0.2) is 4.79 Å². The summed E-state index contributed by atoms with van der Waals surface area (Å²) in [6.45, 7) is 1.85. The molecule has 0 aliphatic carbocycles. The lowest BCUT2D eigenvalue weighted by atomic mass is 10.2. The molecule has 130 valence electrons. The molecular weight excluding hydrogens is 330 g/mol. The van der Waals surface area contributed by atoms with Crippen LogP contribution in [-0.2, 0) is 9.59 Å². The van der Waals surface area contributed by atoms with Crippen LogP contribution in [0.25, 0.3) is 0 Å². The van der Waals surface area contributed by atoms with E-state index in [0.717, 1.165) is 29.2 Å². The molecule has 1 aromatic carbocycles. The Morgan fingerprint density at radius 3 is 2.79 bits per heavy atom. The fourth-order valence-electron chi connectivity index (χ4n) is 2.96. The van der Waals surface area contributed by atoms with Gasteiger partial charge in [-0.2, -0.15) is 0 Å². The predicted octanol–water partition coefficient (Wildman–Crippen LogP) is 2.41. The van der Waals surface area contributed by atoms with Crippen molar-refractivity contribution in [1.82, 2.24) is 4.90 Å². The molecule has 0 saturated carbocycles. The van der Waals surface area contributed by atoms with Gasteiger partial charge < -0.3 is 19.5 Å². The molecule has 6 nitrogen and oxygen atoms in total. The van der Waals surface area contributed by atoms with E-state index in [9.17, 15) is 9.59 Å². The third-order valence-electron chi connectivity index (χ3n) is 4.16. The molecule has 3 rings (SSSR count). The van der Waals surface area contributed by atoms with Crippen molar-refractivity contribution >= 4 is 23.6 Å². The molecule has 2 aliphatic heterocycles. The largest absolute Gasteiger partial charge is 0.490 e. The van der Waals surface area contributed by atoms with E-state index in [2.05, 4.69) is 0 Å².